The fourth-order valence-electron chi connectivity index (χ4n) is 2.14. The number of hydrogen-bond acceptors (Lipinski definition) is 1. The molecule has 0 N–H and O–H groups in total. The molecule has 0 aromatic heterocycles. The van der Waals surface area contributed by atoms with Crippen LogP contribution in [0.25, 0.3) is 0 Å². The van der Waals surface area contributed by atoms with E-state index in [-0.39, 0.29) is 5.69 Å². The number of benzene rings is 1. The van der Waals surface area contributed by atoms with Gasteiger partial charge in [0.2, 0.25) is 0 Å². The van der Waals surface area contributed by atoms with Crippen LogP contribution in [0.1, 0.15) is 33.3 Å². The van der Waals surface area contributed by atoms with Crippen molar-refractivity contribution < 1.29 is 8.78 Å². The van der Waals surface area contributed by atoms with E-state index < -0.39 is 11.6 Å². The fraction of sp³-hybridized carbons (Fsp3) is 0.600. The molecule has 0 fully saturated rings. The van der Waals surface area contributed by atoms with Gasteiger partial charge in [-0.1, -0.05) is 43.6 Å². The summed E-state index contributed by atoms with van der Waals surface area (Å²) in [5, 5.41) is 0.454. The van der Waals surface area contributed by atoms with E-state index in [0.29, 0.717) is 35.8 Å². The summed E-state index contributed by atoms with van der Waals surface area (Å²) in [4.78, 5) is 1.82. The van der Waals surface area contributed by atoms with Crippen molar-refractivity contribution >= 4 is 21.6 Å². The molecule has 0 aliphatic carbocycles. The van der Waals surface area contributed by atoms with Gasteiger partial charge in [0.1, 0.15) is 17.3 Å². The predicted octanol–water partition coefficient (Wildman–Crippen LogP) is 4.98. The zero-order chi connectivity index (χ0) is 14.6. The quantitative estimate of drug-likeness (QED) is 0.663. The molecule has 0 unspecified atom stereocenters. The molecule has 1 aromatic rings. The van der Waals surface area contributed by atoms with Crippen LogP contribution in [0.4, 0.5) is 14.5 Å². The van der Waals surface area contributed by atoms with Crippen molar-refractivity contribution in [2.45, 2.75) is 33.0 Å². The van der Waals surface area contributed by atoms with Crippen molar-refractivity contribution in [2.75, 3.05) is 18.0 Å². The zero-order valence-corrected chi connectivity index (χ0v) is 13.6. The Morgan fingerprint density at radius 2 is 1.42 bits per heavy atom. The molecule has 1 rings (SSSR count). The monoisotopic (exact) mass is 333 g/mol. The molecule has 0 spiro atoms. The van der Waals surface area contributed by atoms with Crippen LogP contribution in [-0.4, -0.2) is 13.1 Å². The molecule has 0 aliphatic heterocycles. The van der Waals surface area contributed by atoms with E-state index in [1.54, 1.807) is 0 Å². The van der Waals surface area contributed by atoms with E-state index in [2.05, 4.69) is 43.6 Å². The number of alkyl halides is 1. The van der Waals surface area contributed by atoms with E-state index in [4.69, 9.17) is 0 Å². The largest absolute Gasteiger partial charge is 0.366 e. The molecule has 1 nitrogen and oxygen atoms in total. The lowest BCUT2D eigenvalue weighted by atomic mass is 10.1. The molecule has 0 saturated carbocycles. The maximum absolute atomic E-state index is 14.1. The van der Waals surface area contributed by atoms with Gasteiger partial charge in [0.25, 0.3) is 0 Å². The molecular formula is C15H22BrF2N. The summed E-state index contributed by atoms with van der Waals surface area (Å²) in [6, 6.07) is 2.81. The summed E-state index contributed by atoms with van der Waals surface area (Å²) >= 11 is 3.22. The van der Waals surface area contributed by atoms with E-state index in [1.807, 2.05) is 4.90 Å². The number of anilines is 1. The second-order valence-corrected chi connectivity index (χ2v) is 6.30. The van der Waals surface area contributed by atoms with Gasteiger partial charge >= 0.3 is 0 Å². The van der Waals surface area contributed by atoms with Crippen LogP contribution in [0, 0.1) is 23.5 Å². The first kappa shape index (κ1) is 16.4. The molecule has 0 amide bonds. The Bertz CT molecular complexity index is 386. The lowest BCUT2D eigenvalue weighted by molar-refractivity contribution is 0.516. The van der Waals surface area contributed by atoms with Crippen molar-refractivity contribution in [1.82, 2.24) is 0 Å². The minimum absolute atomic E-state index is 0.104. The SMILES string of the molecule is CC(C)CN(CC(C)C)c1c(F)cc(CBr)cc1F. The third-order valence-corrected chi connectivity index (χ3v) is 3.37. The van der Waals surface area contributed by atoms with Gasteiger partial charge in [-0.2, -0.15) is 0 Å². The van der Waals surface area contributed by atoms with Gasteiger partial charge in [-0.25, -0.2) is 8.78 Å². The maximum atomic E-state index is 14.1. The third-order valence-electron chi connectivity index (χ3n) is 2.72. The van der Waals surface area contributed by atoms with Crippen molar-refractivity contribution in [3.05, 3.63) is 29.3 Å². The Balaban J connectivity index is 3.14. The molecule has 1 aromatic carbocycles. The molecule has 108 valence electrons. The van der Waals surface area contributed by atoms with Crippen molar-refractivity contribution in [1.29, 1.82) is 0 Å². The number of halogens is 3. The van der Waals surface area contributed by atoms with Gasteiger partial charge in [-0.3, -0.25) is 0 Å². The smallest absolute Gasteiger partial charge is 0.149 e. The minimum atomic E-state index is -0.476. The first-order valence-electron chi connectivity index (χ1n) is 6.64. The molecule has 0 saturated heterocycles. The molecule has 0 aliphatic rings. The Labute approximate surface area is 123 Å². The van der Waals surface area contributed by atoms with Gasteiger partial charge < -0.3 is 4.90 Å². The van der Waals surface area contributed by atoms with Gasteiger partial charge in [-0.15, -0.1) is 0 Å². The van der Waals surface area contributed by atoms with E-state index in [9.17, 15) is 8.78 Å². The van der Waals surface area contributed by atoms with E-state index in [0.717, 1.165) is 0 Å². The summed E-state index contributed by atoms with van der Waals surface area (Å²) in [6.45, 7) is 9.51. The third kappa shape index (κ3) is 4.75. The normalized spacial score (nSPS) is 11.4. The first-order valence-corrected chi connectivity index (χ1v) is 7.76. The molecule has 0 heterocycles. The van der Waals surface area contributed by atoms with Gasteiger partial charge in [0.05, 0.1) is 0 Å². The first-order chi connectivity index (χ1) is 8.85. The lowest BCUT2D eigenvalue weighted by Gasteiger charge is -2.29. The molecule has 0 radical (unpaired) electrons. The van der Waals surface area contributed by atoms with Gasteiger partial charge in [0, 0.05) is 18.4 Å². The van der Waals surface area contributed by atoms with Crippen LogP contribution in [-0.2, 0) is 5.33 Å². The maximum Gasteiger partial charge on any atom is 0.149 e. The van der Waals surface area contributed by atoms with Crippen molar-refractivity contribution in [2.24, 2.45) is 11.8 Å². The van der Waals surface area contributed by atoms with Crippen molar-refractivity contribution in [3.63, 3.8) is 0 Å². The summed E-state index contributed by atoms with van der Waals surface area (Å²) in [6.07, 6.45) is 0. The summed E-state index contributed by atoms with van der Waals surface area (Å²) < 4.78 is 28.3. The molecule has 4 heteroatoms. The topological polar surface area (TPSA) is 3.24 Å². The second kappa shape index (κ2) is 7.22. The molecule has 19 heavy (non-hydrogen) atoms. The van der Waals surface area contributed by atoms with Crippen LogP contribution in [0.15, 0.2) is 12.1 Å². The average Bonchev–Trinajstić information content (AvgIpc) is 2.25. The number of rotatable bonds is 6. The Morgan fingerprint density at radius 1 is 1.00 bits per heavy atom. The highest BCUT2D eigenvalue weighted by Crippen LogP contribution is 2.27. The molecule has 0 bridgehead atoms. The van der Waals surface area contributed by atoms with Crippen LogP contribution in [0.5, 0.6) is 0 Å². The summed E-state index contributed by atoms with van der Waals surface area (Å²) in [5.74, 6) is -0.242. The Morgan fingerprint density at radius 3 is 1.74 bits per heavy atom. The Kier molecular flexibility index (Phi) is 6.24. The highest BCUT2D eigenvalue weighted by molar-refractivity contribution is 9.08. The fourth-order valence-corrected chi connectivity index (χ4v) is 2.46. The van der Waals surface area contributed by atoms with Gasteiger partial charge in [-0.05, 0) is 29.5 Å². The highest BCUT2D eigenvalue weighted by Gasteiger charge is 2.19. The predicted molar refractivity (Wildman–Crippen MR) is 80.9 cm³/mol. The van der Waals surface area contributed by atoms with Crippen LogP contribution in [0.3, 0.4) is 0 Å². The van der Waals surface area contributed by atoms with Crippen LogP contribution >= 0.6 is 15.9 Å². The van der Waals surface area contributed by atoms with Gasteiger partial charge in [0.15, 0.2) is 0 Å². The van der Waals surface area contributed by atoms with E-state index in [1.165, 1.54) is 12.1 Å². The summed E-state index contributed by atoms with van der Waals surface area (Å²) in [5.41, 5.74) is 0.722. The minimum Gasteiger partial charge on any atom is -0.366 e. The average molecular weight is 334 g/mol. The van der Waals surface area contributed by atoms with Crippen LogP contribution < -0.4 is 4.90 Å². The molecule has 0 atom stereocenters. The lowest BCUT2D eigenvalue weighted by Crippen LogP contribution is -2.32. The number of nitrogens with zero attached hydrogens (tertiary/aromatic N) is 1. The standard InChI is InChI=1S/C15H22BrF2N/c1-10(2)8-19(9-11(3)4)15-13(17)5-12(7-16)6-14(15)18/h5-6,10-11H,7-9H2,1-4H3. The van der Waals surface area contributed by atoms with Crippen molar-refractivity contribution in [3.8, 4) is 0 Å². The van der Waals surface area contributed by atoms with E-state index >= 15 is 0 Å². The highest BCUT2D eigenvalue weighted by atomic mass is 79.9. The second-order valence-electron chi connectivity index (χ2n) is 5.73. The zero-order valence-electron chi connectivity index (χ0n) is 12.0. The number of hydrogen-bond donors (Lipinski definition) is 0. The summed E-state index contributed by atoms with van der Waals surface area (Å²) in [7, 11) is 0. The molecular weight excluding hydrogens is 312 g/mol. The van der Waals surface area contributed by atoms with Crippen LogP contribution in [0.2, 0.25) is 0 Å². The Hall–Kier alpha value is -0.640.